The number of nitrogens with two attached hydrogens (primary N) is 2. The summed E-state index contributed by atoms with van der Waals surface area (Å²) in [5.41, 5.74) is 14.4. The largest absolute Gasteiger partial charge is 0.388 e. The van der Waals surface area contributed by atoms with Crippen LogP contribution in [0.5, 0.6) is 0 Å². The van der Waals surface area contributed by atoms with Gasteiger partial charge in [-0.25, -0.2) is 12.7 Å². The minimum absolute atomic E-state index is 0.0434. The molecule has 1 saturated heterocycles. The minimum atomic E-state index is -3.40. The molecule has 1 heterocycles. The minimum Gasteiger partial charge on any atom is -0.388 e. The first-order valence-electron chi connectivity index (χ1n) is 8.43. The summed E-state index contributed by atoms with van der Waals surface area (Å²) < 4.78 is 26.7. The first-order valence-corrected chi connectivity index (χ1v) is 10.0. The van der Waals surface area contributed by atoms with Gasteiger partial charge in [-0.3, -0.25) is 4.79 Å². The van der Waals surface area contributed by atoms with E-state index in [1.165, 1.54) is 4.31 Å². The van der Waals surface area contributed by atoms with Crippen molar-refractivity contribution in [2.75, 3.05) is 31.2 Å². The van der Waals surface area contributed by atoms with Gasteiger partial charge in [-0.1, -0.05) is 0 Å². The van der Waals surface area contributed by atoms with E-state index in [0.717, 1.165) is 22.4 Å². The maximum Gasteiger partial charge on any atom is 0.237 e. The third-order valence-electron chi connectivity index (χ3n) is 5.09. The Bertz CT molecular complexity index is 730. The van der Waals surface area contributed by atoms with Crippen molar-refractivity contribution in [2.24, 2.45) is 11.5 Å². The lowest BCUT2D eigenvalue weighted by Crippen LogP contribution is -2.59. The molecule has 1 amide bonds. The van der Waals surface area contributed by atoms with Gasteiger partial charge in [-0.05, 0) is 61.9 Å². The van der Waals surface area contributed by atoms with Crippen molar-refractivity contribution < 1.29 is 13.2 Å². The van der Waals surface area contributed by atoms with E-state index >= 15 is 0 Å². The molecule has 25 heavy (non-hydrogen) atoms. The number of piperidine rings is 1. The summed E-state index contributed by atoms with van der Waals surface area (Å²) in [5.74, 6) is -0.526. The lowest BCUT2D eigenvalue weighted by molar-refractivity contribution is -0.124. The van der Waals surface area contributed by atoms with Crippen molar-refractivity contribution in [1.29, 1.82) is 0 Å². The topological polar surface area (TPSA) is 119 Å². The number of benzene rings is 1. The number of anilines is 1. The third-order valence-corrected chi connectivity index (χ3v) is 6.97. The molecular formula is C17H28N4O3S. The molecule has 1 aliphatic rings. The molecule has 0 atom stereocenters. The van der Waals surface area contributed by atoms with E-state index in [-0.39, 0.29) is 31.7 Å². The molecule has 7 nitrogen and oxygen atoms in total. The van der Waals surface area contributed by atoms with Gasteiger partial charge in [0, 0.05) is 25.8 Å². The average Bonchev–Trinajstić information content (AvgIpc) is 2.54. The van der Waals surface area contributed by atoms with Gasteiger partial charge in [0.05, 0.1) is 11.3 Å². The number of hydrogen-bond donors (Lipinski definition) is 3. The van der Waals surface area contributed by atoms with Crippen molar-refractivity contribution in [3.05, 3.63) is 28.8 Å². The number of amides is 1. The number of carbonyl (C=O) groups excluding carboxylic acids is 1. The van der Waals surface area contributed by atoms with E-state index in [1.54, 1.807) is 0 Å². The Labute approximate surface area is 149 Å². The van der Waals surface area contributed by atoms with Crippen LogP contribution in [0.4, 0.5) is 5.69 Å². The van der Waals surface area contributed by atoms with Crippen LogP contribution >= 0.6 is 0 Å². The zero-order chi connectivity index (χ0) is 18.8. The van der Waals surface area contributed by atoms with E-state index in [4.69, 9.17) is 11.5 Å². The molecule has 0 aromatic heterocycles. The number of nitrogens with one attached hydrogen (secondary N) is 1. The standard InChI is InChI=1S/C17H28N4O3S/c1-12-10-14(20-3)11-13(2)15(12)4-9-25(23,24)21-7-5-17(19,6-8-21)16(18)22/h10-11,20H,4-9,19H2,1-3H3,(H2,18,22). The average molecular weight is 369 g/mol. The molecule has 0 bridgehead atoms. The Morgan fingerprint density at radius 3 is 2.20 bits per heavy atom. The fourth-order valence-electron chi connectivity index (χ4n) is 3.30. The van der Waals surface area contributed by atoms with Crippen LogP contribution in [0.2, 0.25) is 0 Å². The molecule has 0 radical (unpaired) electrons. The lowest BCUT2D eigenvalue weighted by Gasteiger charge is -2.36. The second-order valence-electron chi connectivity index (χ2n) is 6.82. The van der Waals surface area contributed by atoms with Crippen LogP contribution in [0, 0.1) is 13.8 Å². The Morgan fingerprint density at radius 1 is 1.24 bits per heavy atom. The van der Waals surface area contributed by atoms with Crippen LogP contribution in [0.3, 0.4) is 0 Å². The fourth-order valence-corrected chi connectivity index (χ4v) is 4.76. The predicted molar refractivity (Wildman–Crippen MR) is 99.9 cm³/mol. The summed E-state index contributed by atoms with van der Waals surface area (Å²) >= 11 is 0. The highest BCUT2D eigenvalue weighted by Crippen LogP contribution is 2.24. The molecule has 5 N–H and O–H groups in total. The molecule has 8 heteroatoms. The molecule has 0 saturated carbocycles. The Balaban J connectivity index is 2.05. The molecule has 0 aliphatic carbocycles. The van der Waals surface area contributed by atoms with Gasteiger partial charge in [0.25, 0.3) is 0 Å². The van der Waals surface area contributed by atoms with Crippen LogP contribution in [-0.4, -0.2) is 50.1 Å². The summed E-state index contributed by atoms with van der Waals surface area (Å²) in [7, 11) is -1.54. The van der Waals surface area contributed by atoms with Crippen molar-refractivity contribution in [1.82, 2.24) is 4.31 Å². The maximum atomic E-state index is 12.6. The van der Waals surface area contributed by atoms with Crippen LogP contribution < -0.4 is 16.8 Å². The highest BCUT2D eigenvalue weighted by atomic mass is 32.2. The lowest BCUT2D eigenvalue weighted by atomic mass is 9.89. The van der Waals surface area contributed by atoms with E-state index in [1.807, 2.05) is 33.0 Å². The molecule has 1 fully saturated rings. The number of hydrogen-bond acceptors (Lipinski definition) is 5. The summed E-state index contributed by atoms with van der Waals surface area (Å²) in [6.45, 7) is 4.45. The second-order valence-corrected chi connectivity index (χ2v) is 8.91. The highest BCUT2D eigenvalue weighted by Gasteiger charge is 2.39. The molecule has 1 aromatic carbocycles. The first-order chi connectivity index (χ1) is 11.6. The number of rotatable bonds is 6. The number of sulfonamides is 1. The van der Waals surface area contributed by atoms with Crippen molar-refractivity contribution in [3.63, 3.8) is 0 Å². The SMILES string of the molecule is CNc1cc(C)c(CCS(=O)(=O)N2CCC(N)(C(N)=O)CC2)c(C)c1. The van der Waals surface area contributed by atoms with Gasteiger partial charge in [0.1, 0.15) is 0 Å². The quantitative estimate of drug-likeness (QED) is 0.675. The van der Waals surface area contributed by atoms with Crippen LogP contribution in [0.25, 0.3) is 0 Å². The van der Waals surface area contributed by atoms with Gasteiger partial charge in [-0.15, -0.1) is 0 Å². The number of aryl methyl sites for hydroxylation is 2. The monoisotopic (exact) mass is 368 g/mol. The zero-order valence-electron chi connectivity index (χ0n) is 15.1. The van der Waals surface area contributed by atoms with Crippen LogP contribution in [0.15, 0.2) is 12.1 Å². The Kier molecular flexibility index (Phi) is 5.75. The first kappa shape index (κ1) is 19.7. The van der Waals surface area contributed by atoms with Crippen molar-refractivity contribution in [2.45, 2.75) is 38.6 Å². The van der Waals surface area contributed by atoms with Gasteiger partial charge < -0.3 is 16.8 Å². The summed E-state index contributed by atoms with van der Waals surface area (Å²) in [5, 5.41) is 3.10. The molecule has 1 aliphatic heterocycles. The zero-order valence-corrected chi connectivity index (χ0v) is 15.9. The van der Waals surface area contributed by atoms with Gasteiger partial charge in [0.15, 0.2) is 0 Å². The maximum absolute atomic E-state index is 12.6. The fraction of sp³-hybridized carbons (Fsp3) is 0.588. The van der Waals surface area contributed by atoms with Gasteiger partial charge >= 0.3 is 0 Å². The normalized spacial score (nSPS) is 18.1. The molecule has 1 aromatic rings. The van der Waals surface area contributed by atoms with Crippen LogP contribution in [0.1, 0.15) is 29.5 Å². The van der Waals surface area contributed by atoms with Gasteiger partial charge in [0.2, 0.25) is 15.9 Å². The van der Waals surface area contributed by atoms with E-state index in [0.29, 0.717) is 6.42 Å². The third kappa shape index (κ3) is 4.31. The molecule has 2 rings (SSSR count). The molecule has 0 unspecified atom stereocenters. The number of primary amides is 1. The summed E-state index contributed by atoms with van der Waals surface area (Å²) in [4.78, 5) is 11.4. The smallest absolute Gasteiger partial charge is 0.237 e. The van der Waals surface area contributed by atoms with E-state index in [2.05, 4.69) is 5.32 Å². The van der Waals surface area contributed by atoms with Crippen molar-refractivity contribution in [3.8, 4) is 0 Å². The number of carbonyl (C=O) groups is 1. The summed E-state index contributed by atoms with van der Waals surface area (Å²) in [6.07, 6.45) is 0.983. The van der Waals surface area contributed by atoms with Gasteiger partial charge in [-0.2, -0.15) is 0 Å². The van der Waals surface area contributed by atoms with Crippen molar-refractivity contribution >= 4 is 21.6 Å². The molecular weight excluding hydrogens is 340 g/mol. The Morgan fingerprint density at radius 2 is 1.76 bits per heavy atom. The van der Waals surface area contributed by atoms with Crippen LogP contribution in [-0.2, 0) is 21.2 Å². The molecule has 140 valence electrons. The molecule has 0 spiro atoms. The van der Waals surface area contributed by atoms with E-state index in [9.17, 15) is 13.2 Å². The highest BCUT2D eigenvalue weighted by molar-refractivity contribution is 7.89. The Hall–Kier alpha value is -1.64. The van der Waals surface area contributed by atoms with E-state index < -0.39 is 21.5 Å². The predicted octanol–water partition coefficient (Wildman–Crippen LogP) is 0.496. The summed E-state index contributed by atoms with van der Waals surface area (Å²) in [6, 6.07) is 4.04. The number of nitrogens with zero attached hydrogens (tertiary/aromatic N) is 1. The second kappa shape index (κ2) is 7.31.